The molecule has 0 aliphatic heterocycles. The van der Waals surface area contributed by atoms with Gasteiger partial charge in [-0.05, 0) is 6.92 Å². The third kappa shape index (κ3) is 1.37. The van der Waals surface area contributed by atoms with E-state index in [0.29, 0.717) is 6.42 Å². The van der Waals surface area contributed by atoms with Crippen LogP contribution >= 0.6 is 0 Å². The lowest BCUT2D eigenvalue weighted by atomic mass is 10.3. The van der Waals surface area contributed by atoms with Crippen molar-refractivity contribution in [1.82, 2.24) is 9.97 Å². The molecule has 0 aromatic carbocycles. The van der Waals surface area contributed by atoms with Gasteiger partial charge in [-0.3, -0.25) is 9.97 Å². The summed E-state index contributed by atoms with van der Waals surface area (Å²) in [5.74, 6) is 0. The number of carbonyl (C=O) groups is 1. The Bertz CT molecular complexity index is 235. The Morgan fingerprint density at radius 1 is 1.50 bits per heavy atom. The molecule has 0 bridgehead atoms. The van der Waals surface area contributed by atoms with Crippen molar-refractivity contribution in [1.29, 1.82) is 0 Å². The molecule has 1 aromatic rings. The largest absolute Gasteiger partial charge is 0.303 e. The van der Waals surface area contributed by atoms with E-state index < -0.39 is 0 Å². The van der Waals surface area contributed by atoms with E-state index in [4.69, 9.17) is 0 Å². The highest BCUT2D eigenvalue weighted by Crippen LogP contribution is 1.97. The molecule has 0 aliphatic rings. The van der Waals surface area contributed by atoms with Crippen LogP contribution in [-0.4, -0.2) is 16.3 Å². The maximum absolute atomic E-state index is 10.1. The van der Waals surface area contributed by atoms with Gasteiger partial charge in [0.2, 0.25) is 0 Å². The number of rotatable bonds is 2. The van der Waals surface area contributed by atoms with E-state index >= 15 is 0 Å². The van der Waals surface area contributed by atoms with Crippen molar-refractivity contribution in [2.75, 3.05) is 0 Å². The molecule has 3 nitrogen and oxygen atoms in total. The molecule has 3 heteroatoms. The van der Waals surface area contributed by atoms with E-state index in [9.17, 15) is 4.79 Å². The molecule has 0 amide bonds. The fourth-order valence-electron chi connectivity index (χ4n) is 0.716. The average Bonchev–Trinajstić information content (AvgIpc) is 1.94. The van der Waals surface area contributed by atoms with Crippen LogP contribution < -0.4 is 0 Å². The standard InChI is InChI=1S/C7H8N2O/c1-6-7(2-5-10)9-4-3-8-6/h3-5H,2H2,1H3. The topological polar surface area (TPSA) is 42.9 Å². The van der Waals surface area contributed by atoms with Gasteiger partial charge < -0.3 is 4.79 Å². The maximum atomic E-state index is 10.1. The van der Waals surface area contributed by atoms with Crippen LogP contribution in [-0.2, 0) is 11.2 Å². The molecule has 10 heavy (non-hydrogen) atoms. The summed E-state index contributed by atoms with van der Waals surface area (Å²) in [4.78, 5) is 18.0. The Balaban J connectivity index is 2.91. The van der Waals surface area contributed by atoms with E-state index in [1.165, 1.54) is 0 Å². The Labute approximate surface area is 59.1 Å². The Morgan fingerprint density at radius 3 is 2.80 bits per heavy atom. The summed E-state index contributed by atoms with van der Waals surface area (Å²) in [6.45, 7) is 1.84. The van der Waals surface area contributed by atoms with Gasteiger partial charge in [0.05, 0.1) is 11.4 Å². The third-order valence-corrected chi connectivity index (χ3v) is 1.26. The van der Waals surface area contributed by atoms with Crippen LogP contribution in [0.4, 0.5) is 0 Å². The van der Waals surface area contributed by atoms with E-state index in [2.05, 4.69) is 9.97 Å². The summed E-state index contributed by atoms with van der Waals surface area (Å²) in [6, 6.07) is 0. The van der Waals surface area contributed by atoms with Crippen molar-refractivity contribution < 1.29 is 4.79 Å². The smallest absolute Gasteiger partial charge is 0.126 e. The van der Waals surface area contributed by atoms with Crippen molar-refractivity contribution in [3.8, 4) is 0 Å². The zero-order chi connectivity index (χ0) is 7.40. The van der Waals surface area contributed by atoms with E-state index in [1.54, 1.807) is 12.4 Å². The number of carbonyl (C=O) groups excluding carboxylic acids is 1. The molecule has 0 saturated heterocycles. The van der Waals surface area contributed by atoms with Gasteiger partial charge in [-0.2, -0.15) is 0 Å². The monoisotopic (exact) mass is 136 g/mol. The number of aldehydes is 1. The molecule has 1 aromatic heterocycles. The third-order valence-electron chi connectivity index (χ3n) is 1.26. The second-order valence-electron chi connectivity index (χ2n) is 1.96. The van der Waals surface area contributed by atoms with Crippen molar-refractivity contribution in [3.05, 3.63) is 23.8 Å². The molecular formula is C7H8N2O. The zero-order valence-electron chi connectivity index (χ0n) is 5.74. The summed E-state index contributed by atoms with van der Waals surface area (Å²) in [5, 5.41) is 0. The first-order chi connectivity index (χ1) is 4.84. The molecule has 1 rings (SSSR count). The van der Waals surface area contributed by atoms with Gasteiger partial charge in [0.1, 0.15) is 6.29 Å². The van der Waals surface area contributed by atoms with Gasteiger partial charge in [0, 0.05) is 18.8 Å². The highest BCUT2D eigenvalue weighted by molar-refractivity contribution is 5.53. The number of nitrogens with zero attached hydrogens (tertiary/aromatic N) is 2. The minimum atomic E-state index is 0.361. The van der Waals surface area contributed by atoms with Crippen molar-refractivity contribution in [2.24, 2.45) is 0 Å². The first-order valence-electron chi connectivity index (χ1n) is 3.04. The number of hydrogen-bond donors (Lipinski definition) is 0. The normalized spacial score (nSPS) is 9.30. The molecule has 0 aliphatic carbocycles. The van der Waals surface area contributed by atoms with Gasteiger partial charge in [-0.15, -0.1) is 0 Å². The molecule has 0 unspecified atom stereocenters. The van der Waals surface area contributed by atoms with Gasteiger partial charge in [0.15, 0.2) is 0 Å². The minimum Gasteiger partial charge on any atom is -0.303 e. The lowest BCUT2D eigenvalue weighted by molar-refractivity contribution is -0.107. The van der Waals surface area contributed by atoms with Crippen molar-refractivity contribution in [2.45, 2.75) is 13.3 Å². The SMILES string of the molecule is Cc1nccnc1CC=O. The van der Waals surface area contributed by atoms with Crippen LogP contribution in [0.15, 0.2) is 12.4 Å². The molecule has 0 spiro atoms. The number of hydrogen-bond acceptors (Lipinski definition) is 3. The van der Waals surface area contributed by atoms with Gasteiger partial charge in [-0.1, -0.05) is 0 Å². The Kier molecular flexibility index (Phi) is 2.10. The molecule has 52 valence electrons. The Hall–Kier alpha value is -1.25. The highest BCUT2D eigenvalue weighted by atomic mass is 16.1. The van der Waals surface area contributed by atoms with Crippen LogP contribution in [0.25, 0.3) is 0 Å². The number of aromatic nitrogens is 2. The van der Waals surface area contributed by atoms with Crippen LogP contribution in [0.1, 0.15) is 11.4 Å². The second kappa shape index (κ2) is 3.06. The predicted octanol–water partition coefficient (Wildman–Crippen LogP) is 0.526. The lowest BCUT2D eigenvalue weighted by Gasteiger charge is -1.95. The summed E-state index contributed by atoms with van der Waals surface area (Å²) < 4.78 is 0. The molecular weight excluding hydrogens is 128 g/mol. The van der Waals surface area contributed by atoms with Gasteiger partial charge >= 0.3 is 0 Å². The van der Waals surface area contributed by atoms with Crippen molar-refractivity contribution >= 4 is 6.29 Å². The first-order valence-corrected chi connectivity index (χ1v) is 3.04. The summed E-state index contributed by atoms with van der Waals surface area (Å²) >= 11 is 0. The molecule has 0 fully saturated rings. The summed E-state index contributed by atoms with van der Waals surface area (Å²) in [5.41, 5.74) is 1.59. The van der Waals surface area contributed by atoms with E-state index in [-0.39, 0.29) is 0 Å². The van der Waals surface area contributed by atoms with Crippen LogP contribution in [0.5, 0.6) is 0 Å². The second-order valence-corrected chi connectivity index (χ2v) is 1.96. The molecule has 0 N–H and O–H groups in total. The fraction of sp³-hybridized carbons (Fsp3) is 0.286. The van der Waals surface area contributed by atoms with Crippen molar-refractivity contribution in [3.63, 3.8) is 0 Å². The quantitative estimate of drug-likeness (QED) is 0.557. The Morgan fingerprint density at radius 2 is 2.20 bits per heavy atom. The van der Waals surface area contributed by atoms with Crippen LogP contribution in [0.2, 0.25) is 0 Å². The minimum absolute atomic E-state index is 0.361. The van der Waals surface area contributed by atoms with Crippen LogP contribution in [0.3, 0.4) is 0 Å². The van der Waals surface area contributed by atoms with Crippen LogP contribution in [0, 0.1) is 6.92 Å². The molecule has 0 radical (unpaired) electrons. The predicted molar refractivity (Wildman–Crippen MR) is 36.5 cm³/mol. The van der Waals surface area contributed by atoms with E-state index in [1.807, 2.05) is 6.92 Å². The molecule has 0 atom stereocenters. The first kappa shape index (κ1) is 6.86. The molecule has 0 saturated carbocycles. The lowest BCUT2D eigenvalue weighted by Crippen LogP contribution is -1.96. The summed E-state index contributed by atoms with van der Waals surface area (Å²) in [7, 11) is 0. The fourth-order valence-corrected chi connectivity index (χ4v) is 0.716. The maximum Gasteiger partial charge on any atom is 0.126 e. The molecule has 1 heterocycles. The van der Waals surface area contributed by atoms with Gasteiger partial charge in [-0.25, -0.2) is 0 Å². The van der Waals surface area contributed by atoms with Gasteiger partial charge in [0.25, 0.3) is 0 Å². The average molecular weight is 136 g/mol. The summed E-state index contributed by atoms with van der Waals surface area (Å²) in [6.07, 6.45) is 4.39. The zero-order valence-corrected chi connectivity index (χ0v) is 5.74. The number of aryl methyl sites for hydroxylation is 1. The highest BCUT2D eigenvalue weighted by Gasteiger charge is 1.96. The van der Waals surface area contributed by atoms with E-state index in [0.717, 1.165) is 17.7 Å².